The molecular weight excluding hydrogens is 369 g/mol. The van der Waals surface area contributed by atoms with E-state index in [0.717, 1.165) is 18.7 Å². The van der Waals surface area contributed by atoms with Crippen molar-refractivity contribution in [3.05, 3.63) is 35.5 Å². The molecule has 144 valence electrons. The van der Waals surface area contributed by atoms with Crippen LogP contribution in [0.1, 0.15) is 50.2 Å². The number of rotatable bonds is 6. The second-order valence-electron chi connectivity index (χ2n) is 7.14. The van der Waals surface area contributed by atoms with E-state index in [1.165, 1.54) is 54.7 Å². The number of nitrogens with one attached hydrogen (secondary N) is 1. The summed E-state index contributed by atoms with van der Waals surface area (Å²) in [7, 11) is 0. The van der Waals surface area contributed by atoms with Gasteiger partial charge in [0.2, 0.25) is 0 Å². The van der Waals surface area contributed by atoms with Crippen molar-refractivity contribution in [3.63, 3.8) is 0 Å². The van der Waals surface area contributed by atoms with Gasteiger partial charge >= 0.3 is 0 Å². The Bertz CT molecular complexity index is 699. The molecule has 26 heavy (non-hydrogen) atoms. The molecular formula is C20H29Cl2N3O. The first-order valence-electron chi connectivity index (χ1n) is 9.36. The summed E-state index contributed by atoms with van der Waals surface area (Å²) in [5, 5.41) is 7.53. The fourth-order valence-corrected chi connectivity index (χ4v) is 4.60. The minimum absolute atomic E-state index is 0. The molecule has 0 saturated heterocycles. The van der Waals surface area contributed by atoms with Crippen LogP contribution in [0.15, 0.2) is 28.9 Å². The smallest absolute Gasteiger partial charge is 0.167 e. The fraction of sp³-hybridized carbons (Fsp3) is 0.550. The van der Waals surface area contributed by atoms with Gasteiger partial charge in [-0.3, -0.25) is 0 Å². The van der Waals surface area contributed by atoms with Gasteiger partial charge in [0.25, 0.3) is 0 Å². The van der Waals surface area contributed by atoms with Crippen LogP contribution in [0, 0.1) is 0 Å². The highest BCUT2D eigenvalue weighted by Gasteiger charge is 2.36. The van der Waals surface area contributed by atoms with Gasteiger partial charge in [-0.25, -0.2) is 0 Å². The number of nitrogens with zero attached hydrogens (tertiary/aromatic N) is 2. The van der Waals surface area contributed by atoms with Crippen LogP contribution in [0.5, 0.6) is 0 Å². The summed E-state index contributed by atoms with van der Waals surface area (Å²) in [6.07, 6.45) is 6.58. The van der Waals surface area contributed by atoms with Crippen LogP contribution in [0.2, 0.25) is 0 Å². The third-order valence-corrected chi connectivity index (χ3v) is 5.54. The first kappa shape index (κ1) is 21.1. The average Bonchev–Trinajstić information content (AvgIpc) is 3.26. The second-order valence-corrected chi connectivity index (χ2v) is 7.14. The van der Waals surface area contributed by atoms with Gasteiger partial charge in [0.15, 0.2) is 5.76 Å². The van der Waals surface area contributed by atoms with E-state index in [2.05, 4.69) is 41.4 Å². The summed E-state index contributed by atoms with van der Waals surface area (Å²) in [5.74, 6) is 1.53. The fourth-order valence-electron chi connectivity index (χ4n) is 4.60. The zero-order valence-corrected chi connectivity index (χ0v) is 17.2. The molecule has 1 aromatic heterocycles. The van der Waals surface area contributed by atoms with Crippen molar-refractivity contribution in [1.82, 2.24) is 10.1 Å². The van der Waals surface area contributed by atoms with Gasteiger partial charge in [-0.1, -0.05) is 19.0 Å². The van der Waals surface area contributed by atoms with Crippen LogP contribution in [-0.4, -0.2) is 35.7 Å². The van der Waals surface area contributed by atoms with Crippen LogP contribution in [0.25, 0.3) is 11.3 Å². The lowest BCUT2D eigenvalue weighted by Crippen LogP contribution is -2.41. The van der Waals surface area contributed by atoms with Crippen LogP contribution in [0.3, 0.4) is 0 Å². The zero-order valence-electron chi connectivity index (χ0n) is 15.5. The van der Waals surface area contributed by atoms with E-state index < -0.39 is 0 Å². The normalized spacial score (nSPS) is 20.1. The molecule has 0 saturated carbocycles. The maximum absolute atomic E-state index is 5.49. The van der Waals surface area contributed by atoms with E-state index in [1.54, 1.807) is 6.20 Å². The Morgan fingerprint density at radius 2 is 1.92 bits per heavy atom. The number of benzene rings is 1. The molecule has 2 aromatic rings. The molecule has 1 aliphatic heterocycles. The van der Waals surface area contributed by atoms with Gasteiger partial charge in [0.1, 0.15) is 0 Å². The lowest BCUT2D eigenvalue weighted by Gasteiger charge is -2.37. The van der Waals surface area contributed by atoms with Crippen molar-refractivity contribution in [2.45, 2.75) is 51.5 Å². The molecule has 4 rings (SSSR count). The SMILES string of the molecule is CCCN(CCC)[C@@H]1Cc2c(-c3ccno3)ccc3c2[C@H](CN3)C1.Cl.Cl. The van der Waals surface area contributed by atoms with Crippen LogP contribution >= 0.6 is 24.8 Å². The lowest BCUT2D eigenvalue weighted by molar-refractivity contribution is 0.172. The summed E-state index contributed by atoms with van der Waals surface area (Å²) in [6, 6.07) is 7.04. The number of hydrogen-bond acceptors (Lipinski definition) is 4. The predicted molar refractivity (Wildman–Crippen MR) is 112 cm³/mol. The van der Waals surface area contributed by atoms with E-state index in [4.69, 9.17) is 4.52 Å². The Morgan fingerprint density at radius 3 is 2.58 bits per heavy atom. The summed E-state index contributed by atoms with van der Waals surface area (Å²) in [5.41, 5.74) is 5.58. The molecule has 0 spiro atoms. The highest BCUT2D eigenvalue weighted by atomic mass is 35.5. The van der Waals surface area contributed by atoms with Gasteiger partial charge in [-0.2, -0.15) is 0 Å². The van der Waals surface area contributed by atoms with Crippen molar-refractivity contribution < 1.29 is 4.52 Å². The molecule has 2 atom stereocenters. The Kier molecular flexibility index (Phi) is 7.39. The van der Waals surface area contributed by atoms with Crippen molar-refractivity contribution in [3.8, 4) is 11.3 Å². The zero-order chi connectivity index (χ0) is 16.5. The maximum atomic E-state index is 5.49. The third kappa shape index (κ3) is 3.73. The Hall–Kier alpha value is -1.23. The Balaban J connectivity index is 0.00000121. The Morgan fingerprint density at radius 1 is 1.15 bits per heavy atom. The molecule has 1 N–H and O–H groups in total. The third-order valence-electron chi connectivity index (χ3n) is 5.54. The van der Waals surface area contributed by atoms with Gasteiger partial charge in [0, 0.05) is 35.8 Å². The van der Waals surface area contributed by atoms with Crippen molar-refractivity contribution in [2.24, 2.45) is 0 Å². The second kappa shape index (κ2) is 9.12. The van der Waals surface area contributed by atoms with Crippen LogP contribution in [0.4, 0.5) is 5.69 Å². The van der Waals surface area contributed by atoms with Crippen LogP contribution < -0.4 is 5.32 Å². The first-order valence-corrected chi connectivity index (χ1v) is 9.36. The molecule has 1 aromatic carbocycles. The molecule has 0 bridgehead atoms. The maximum Gasteiger partial charge on any atom is 0.167 e. The van der Waals surface area contributed by atoms with Crippen LogP contribution in [-0.2, 0) is 6.42 Å². The highest BCUT2D eigenvalue weighted by Crippen LogP contribution is 2.46. The van der Waals surface area contributed by atoms with E-state index in [0.29, 0.717) is 12.0 Å². The minimum Gasteiger partial charge on any atom is -0.384 e. The molecule has 2 aliphatic rings. The van der Waals surface area contributed by atoms with E-state index >= 15 is 0 Å². The molecule has 4 nitrogen and oxygen atoms in total. The van der Waals surface area contributed by atoms with E-state index in [9.17, 15) is 0 Å². The number of halogens is 2. The molecule has 0 radical (unpaired) electrons. The molecule has 6 heteroatoms. The lowest BCUT2D eigenvalue weighted by atomic mass is 9.78. The largest absolute Gasteiger partial charge is 0.384 e. The monoisotopic (exact) mass is 397 g/mol. The predicted octanol–water partition coefficient (Wildman–Crippen LogP) is 5.13. The standard InChI is InChI=1S/C20H27N3O.2ClH/c1-3-9-23(10-4-2)15-11-14-13-21-18-6-5-16(17(12-15)20(14)18)19-7-8-22-24-19;;/h5-8,14-15,21H,3-4,9-13H2,1-2H3;2*1H/t14-,15-;;/m0../s1. The minimum atomic E-state index is 0. The average molecular weight is 398 g/mol. The van der Waals surface area contributed by atoms with Gasteiger partial charge in [-0.15, -0.1) is 24.8 Å². The van der Waals surface area contributed by atoms with Gasteiger partial charge in [-0.05, 0) is 62.0 Å². The molecule has 0 unspecified atom stereocenters. The summed E-state index contributed by atoms with van der Waals surface area (Å²) < 4.78 is 5.49. The topological polar surface area (TPSA) is 41.3 Å². The van der Waals surface area contributed by atoms with Crippen molar-refractivity contribution >= 4 is 30.5 Å². The van der Waals surface area contributed by atoms with E-state index in [-0.39, 0.29) is 24.8 Å². The number of anilines is 1. The van der Waals surface area contributed by atoms with Crippen molar-refractivity contribution in [2.75, 3.05) is 25.0 Å². The van der Waals surface area contributed by atoms with Crippen molar-refractivity contribution in [1.29, 1.82) is 0 Å². The quantitative estimate of drug-likeness (QED) is 0.732. The first-order chi connectivity index (χ1) is 11.8. The highest BCUT2D eigenvalue weighted by molar-refractivity contribution is 5.85. The summed E-state index contributed by atoms with van der Waals surface area (Å²) in [6.45, 7) is 8.05. The summed E-state index contributed by atoms with van der Waals surface area (Å²) >= 11 is 0. The van der Waals surface area contributed by atoms with E-state index in [1.807, 2.05) is 6.07 Å². The number of hydrogen-bond donors (Lipinski definition) is 1. The molecule has 1 aliphatic carbocycles. The van der Waals surface area contributed by atoms with Gasteiger partial charge in [0.05, 0.1) is 6.20 Å². The summed E-state index contributed by atoms with van der Waals surface area (Å²) in [4.78, 5) is 2.71. The molecule has 0 amide bonds. The molecule has 0 fully saturated rings. The number of aromatic nitrogens is 1. The Labute approximate surface area is 168 Å². The molecule has 2 heterocycles. The van der Waals surface area contributed by atoms with Gasteiger partial charge < -0.3 is 14.7 Å².